The van der Waals surface area contributed by atoms with Crippen LogP contribution in [0.5, 0.6) is 0 Å². The molecule has 0 fully saturated rings. The summed E-state index contributed by atoms with van der Waals surface area (Å²) in [6.45, 7) is 6.81. The average Bonchev–Trinajstić information content (AvgIpc) is 2.61. The monoisotopic (exact) mass is 354 g/mol. The van der Waals surface area contributed by atoms with Gasteiger partial charge in [0.1, 0.15) is 0 Å². The highest BCUT2D eigenvalue weighted by atomic mass is 16.5. The van der Waals surface area contributed by atoms with Gasteiger partial charge in [-0.2, -0.15) is 0 Å². The number of aliphatic hydroxyl groups is 1. The van der Waals surface area contributed by atoms with Crippen LogP contribution in [0.3, 0.4) is 0 Å². The third kappa shape index (κ3) is 16.4. The van der Waals surface area contributed by atoms with Gasteiger partial charge in [-0.1, -0.05) is 70.9 Å². The Morgan fingerprint density at radius 3 is 2.28 bits per heavy atom. The summed E-state index contributed by atoms with van der Waals surface area (Å²) >= 11 is 0. The van der Waals surface area contributed by atoms with Gasteiger partial charge >= 0.3 is 5.97 Å². The molecule has 3 heteroatoms. The van der Waals surface area contributed by atoms with Crippen LogP contribution in [0, 0.1) is 5.92 Å². The molecular formula is C22H42O3. The third-order valence-corrected chi connectivity index (χ3v) is 4.53. The third-order valence-electron chi connectivity index (χ3n) is 4.53. The van der Waals surface area contributed by atoms with Crippen molar-refractivity contribution in [3.05, 3.63) is 11.6 Å². The van der Waals surface area contributed by atoms with Gasteiger partial charge in [0.15, 0.2) is 0 Å². The molecular weight excluding hydrogens is 312 g/mol. The predicted molar refractivity (Wildman–Crippen MR) is 107 cm³/mol. The Morgan fingerprint density at radius 2 is 1.60 bits per heavy atom. The number of carbonyl (C=O) groups excluding carboxylic acids is 1. The minimum Gasteiger partial charge on any atom is -0.465 e. The highest BCUT2D eigenvalue weighted by Gasteiger charge is 2.06. The van der Waals surface area contributed by atoms with Crippen molar-refractivity contribution in [2.24, 2.45) is 5.92 Å². The summed E-state index contributed by atoms with van der Waals surface area (Å²) in [4.78, 5) is 11.5. The molecule has 0 radical (unpaired) electrons. The van der Waals surface area contributed by atoms with Crippen molar-refractivity contribution in [2.75, 3.05) is 13.2 Å². The molecule has 0 aromatic carbocycles. The number of unbranched alkanes of at least 4 members (excludes halogenated alkanes) is 7. The van der Waals surface area contributed by atoms with E-state index in [1.807, 2.05) is 6.92 Å². The summed E-state index contributed by atoms with van der Waals surface area (Å²) < 4.78 is 5.12. The molecule has 0 spiro atoms. The lowest BCUT2D eigenvalue weighted by Gasteiger charge is -2.09. The molecule has 148 valence electrons. The first-order valence-corrected chi connectivity index (χ1v) is 10.6. The van der Waals surface area contributed by atoms with Gasteiger partial charge in [-0.05, 0) is 38.5 Å². The second kappa shape index (κ2) is 18.0. The molecule has 0 aliphatic heterocycles. The molecule has 25 heavy (non-hydrogen) atoms. The van der Waals surface area contributed by atoms with Crippen LogP contribution < -0.4 is 0 Å². The number of rotatable bonds is 17. The molecule has 0 aliphatic rings. The Labute approximate surface area is 156 Å². The van der Waals surface area contributed by atoms with Crippen LogP contribution in [-0.4, -0.2) is 24.3 Å². The van der Waals surface area contributed by atoms with Crippen molar-refractivity contribution in [2.45, 2.75) is 104 Å². The SMILES string of the molecule is CCCCC/C(=C/CCCCCCCC(=O)OCC(C)CO)CCC. The standard InChI is InChI=1S/C22H42O3/c1-4-6-11-15-21(14-5-2)16-12-9-7-8-10-13-17-22(24)25-19-20(3)18-23/h16,20,23H,4-15,17-19H2,1-3H3/b21-16+. The zero-order valence-corrected chi connectivity index (χ0v) is 17.0. The predicted octanol–water partition coefficient (Wildman–Crippen LogP) is 6.20. The molecule has 3 nitrogen and oxygen atoms in total. The van der Waals surface area contributed by atoms with Crippen LogP contribution in [0.2, 0.25) is 0 Å². The maximum Gasteiger partial charge on any atom is 0.305 e. The molecule has 1 unspecified atom stereocenters. The van der Waals surface area contributed by atoms with E-state index in [0.29, 0.717) is 13.0 Å². The van der Waals surface area contributed by atoms with Crippen LogP contribution in [0.4, 0.5) is 0 Å². The fourth-order valence-electron chi connectivity index (χ4n) is 2.86. The van der Waals surface area contributed by atoms with Crippen LogP contribution in [-0.2, 0) is 9.53 Å². The van der Waals surface area contributed by atoms with Gasteiger partial charge < -0.3 is 9.84 Å². The molecule has 0 aromatic rings. The van der Waals surface area contributed by atoms with Crippen molar-refractivity contribution in [3.63, 3.8) is 0 Å². The lowest BCUT2D eigenvalue weighted by molar-refractivity contribution is -0.145. The van der Waals surface area contributed by atoms with Gasteiger partial charge in [0.25, 0.3) is 0 Å². The molecule has 0 aromatic heterocycles. The van der Waals surface area contributed by atoms with Crippen molar-refractivity contribution < 1.29 is 14.6 Å². The molecule has 0 rings (SSSR count). The second-order valence-corrected chi connectivity index (χ2v) is 7.35. The summed E-state index contributed by atoms with van der Waals surface area (Å²) in [7, 11) is 0. The van der Waals surface area contributed by atoms with Gasteiger partial charge in [-0.25, -0.2) is 0 Å². The number of hydrogen-bond acceptors (Lipinski definition) is 3. The van der Waals surface area contributed by atoms with Gasteiger partial charge in [0.2, 0.25) is 0 Å². The number of allylic oxidation sites excluding steroid dienone is 2. The molecule has 0 aliphatic carbocycles. The highest BCUT2D eigenvalue weighted by molar-refractivity contribution is 5.69. The minimum absolute atomic E-state index is 0.0385. The minimum atomic E-state index is -0.125. The molecule has 1 N–H and O–H groups in total. The largest absolute Gasteiger partial charge is 0.465 e. The number of carbonyl (C=O) groups is 1. The van der Waals surface area contributed by atoms with E-state index in [1.165, 1.54) is 64.2 Å². The fraction of sp³-hybridized carbons (Fsp3) is 0.864. The fourth-order valence-corrected chi connectivity index (χ4v) is 2.86. The van der Waals surface area contributed by atoms with Crippen LogP contribution >= 0.6 is 0 Å². The van der Waals surface area contributed by atoms with E-state index in [4.69, 9.17) is 9.84 Å². The van der Waals surface area contributed by atoms with E-state index >= 15 is 0 Å². The molecule has 0 heterocycles. The van der Waals surface area contributed by atoms with Gasteiger partial charge in [0, 0.05) is 18.9 Å². The second-order valence-electron chi connectivity index (χ2n) is 7.35. The number of hydrogen-bond donors (Lipinski definition) is 1. The van der Waals surface area contributed by atoms with E-state index in [9.17, 15) is 4.79 Å². The lowest BCUT2D eigenvalue weighted by Crippen LogP contribution is -2.14. The molecule has 1 atom stereocenters. The molecule has 0 bridgehead atoms. The Hall–Kier alpha value is -0.830. The van der Waals surface area contributed by atoms with E-state index in [-0.39, 0.29) is 18.5 Å². The Morgan fingerprint density at radius 1 is 0.920 bits per heavy atom. The van der Waals surface area contributed by atoms with Crippen molar-refractivity contribution in [3.8, 4) is 0 Å². The quantitative estimate of drug-likeness (QED) is 0.192. The maximum absolute atomic E-state index is 11.5. The highest BCUT2D eigenvalue weighted by Crippen LogP contribution is 2.17. The normalized spacial score (nSPS) is 13.0. The first-order chi connectivity index (χ1) is 12.1. The van der Waals surface area contributed by atoms with E-state index in [1.54, 1.807) is 5.57 Å². The number of esters is 1. The molecule has 0 saturated carbocycles. The summed E-state index contributed by atoms with van der Waals surface area (Å²) in [6.07, 6.45) is 17.7. The summed E-state index contributed by atoms with van der Waals surface area (Å²) in [5.41, 5.74) is 1.66. The van der Waals surface area contributed by atoms with E-state index in [0.717, 1.165) is 12.8 Å². The maximum atomic E-state index is 11.5. The molecule has 0 saturated heterocycles. The first kappa shape index (κ1) is 24.2. The van der Waals surface area contributed by atoms with Crippen LogP contribution in [0.25, 0.3) is 0 Å². The van der Waals surface area contributed by atoms with E-state index < -0.39 is 0 Å². The van der Waals surface area contributed by atoms with E-state index in [2.05, 4.69) is 19.9 Å². The number of ether oxygens (including phenoxy) is 1. The zero-order valence-electron chi connectivity index (χ0n) is 17.0. The van der Waals surface area contributed by atoms with Gasteiger partial charge in [-0.3, -0.25) is 4.79 Å². The van der Waals surface area contributed by atoms with Crippen molar-refractivity contribution in [1.82, 2.24) is 0 Å². The summed E-state index contributed by atoms with van der Waals surface area (Å²) in [6, 6.07) is 0. The average molecular weight is 355 g/mol. The van der Waals surface area contributed by atoms with Crippen molar-refractivity contribution in [1.29, 1.82) is 0 Å². The zero-order chi connectivity index (χ0) is 18.8. The summed E-state index contributed by atoms with van der Waals surface area (Å²) in [5, 5.41) is 8.89. The topological polar surface area (TPSA) is 46.5 Å². The van der Waals surface area contributed by atoms with Crippen LogP contribution in [0.15, 0.2) is 11.6 Å². The number of aliphatic hydroxyl groups excluding tert-OH is 1. The Bertz CT molecular complexity index is 336. The van der Waals surface area contributed by atoms with Crippen molar-refractivity contribution >= 4 is 5.97 Å². The Balaban J connectivity index is 3.60. The molecule has 0 amide bonds. The Kier molecular flexibility index (Phi) is 17.4. The summed E-state index contributed by atoms with van der Waals surface area (Å²) in [5.74, 6) is -0.0869. The smallest absolute Gasteiger partial charge is 0.305 e. The lowest BCUT2D eigenvalue weighted by atomic mass is 10.0. The van der Waals surface area contributed by atoms with Crippen LogP contribution in [0.1, 0.15) is 104 Å². The first-order valence-electron chi connectivity index (χ1n) is 10.6. The van der Waals surface area contributed by atoms with Gasteiger partial charge in [-0.15, -0.1) is 0 Å². The van der Waals surface area contributed by atoms with Gasteiger partial charge in [0.05, 0.1) is 6.61 Å².